The highest BCUT2D eigenvalue weighted by Crippen LogP contribution is 2.32. The largest absolute Gasteiger partial charge is 0.490 e. The predicted molar refractivity (Wildman–Crippen MR) is 84.5 cm³/mol. The minimum atomic E-state index is -0.265. The highest BCUT2D eigenvalue weighted by atomic mass is 16.5. The van der Waals surface area contributed by atoms with Crippen molar-refractivity contribution in [3.8, 4) is 22.9 Å². The highest BCUT2D eigenvalue weighted by Gasteiger charge is 2.19. The molecule has 0 saturated heterocycles. The average Bonchev–Trinajstić information content (AvgIpc) is 2.52. The van der Waals surface area contributed by atoms with E-state index < -0.39 is 0 Å². The van der Waals surface area contributed by atoms with E-state index in [2.05, 4.69) is 11.6 Å². The monoisotopic (exact) mass is 298 g/mol. The molecule has 5 nitrogen and oxygen atoms in total. The van der Waals surface area contributed by atoms with Crippen LogP contribution in [-0.4, -0.2) is 22.8 Å². The zero-order chi connectivity index (χ0) is 15.5. The van der Waals surface area contributed by atoms with E-state index in [1.54, 1.807) is 10.6 Å². The van der Waals surface area contributed by atoms with Crippen LogP contribution in [0, 0.1) is 0 Å². The number of ether oxygens (including phenoxy) is 2. The molecule has 114 valence electrons. The fourth-order valence-corrected chi connectivity index (χ4v) is 2.65. The van der Waals surface area contributed by atoms with Gasteiger partial charge in [-0.25, -0.2) is 4.79 Å². The van der Waals surface area contributed by atoms with Gasteiger partial charge in [0.1, 0.15) is 12.4 Å². The van der Waals surface area contributed by atoms with Gasteiger partial charge in [-0.15, -0.1) is 0 Å². The van der Waals surface area contributed by atoms with Gasteiger partial charge in [-0.3, -0.25) is 4.57 Å². The molecule has 0 unspecified atom stereocenters. The van der Waals surface area contributed by atoms with Crippen molar-refractivity contribution in [3.05, 3.63) is 53.0 Å². The summed E-state index contributed by atoms with van der Waals surface area (Å²) in [5.41, 5.74) is 2.77. The Labute approximate surface area is 128 Å². The van der Waals surface area contributed by atoms with E-state index in [1.165, 1.54) is 0 Å². The van der Waals surface area contributed by atoms with Crippen molar-refractivity contribution >= 4 is 0 Å². The molecule has 0 radical (unpaired) electrons. The van der Waals surface area contributed by atoms with Gasteiger partial charge in [0.05, 0.1) is 12.3 Å². The molecule has 1 aromatic heterocycles. The molecular weight excluding hydrogens is 280 g/mol. The highest BCUT2D eigenvalue weighted by molar-refractivity contribution is 5.67. The third-order valence-corrected chi connectivity index (χ3v) is 3.61. The van der Waals surface area contributed by atoms with E-state index in [1.807, 2.05) is 31.2 Å². The molecule has 0 amide bonds. The van der Waals surface area contributed by atoms with Crippen LogP contribution in [0.2, 0.25) is 0 Å². The van der Waals surface area contributed by atoms with Crippen molar-refractivity contribution in [1.82, 2.24) is 9.55 Å². The number of aryl methyl sites for hydroxylation is 1. The van der Waals surface area contributed by atoms with Crippen LogP contribution >= 0.6 is 0 Å². The van der Waals surface area contributed by atoms with Crippen molar-refractivity contribution in [1.29, 1.82) is 0 Å². The molecule has 1 aromatic carbocycles. The molecule has 3 rings (SSSR count). The van der Waals surface area contributed by atoms with Crippen LogP contribution in [0.25, 0.3) is 11.3 Å². The molecule has 0 N–H and O–H groups in total. The van der Waals surface area contributed by atoms with Crippen molar-refractivity contribution in [2.45, 2.75) is 19.9 Å². The first kappa shape index (κ1) is 14.4. The maximum atomic E-state index is 12.1. The third-order valence-electron chi connectivity index (χ3n) is 3.61. The van der Waals surface area contributed by atoms with Crippen LogP contribution in [0.3, 0.4) is 0 Å². The van der Waals surface area contributed by atoms with E-state index in [0.29, 0.717) is 25.6 Å². The molecule has 0 spiro atoms. The smallest absolute Gasteiger partial charge is 0.351 e. The van der Waals surface area contributed by atoms with E-state index in [-0.39, 0.29) is 5.69 Å². The maximum absolute atomic E-state index is 12.1. The second-order valence-electron chi connectivity index (χ2n) is 5.02. The third kappa shape index (κ3) is 2.62. The molecule has 5 heteroatoms. The fraction of sp³-hybridized carbons (Fsp3) is 0.294. The summed E-state index contributed by atoms with van der Waals surface area (Å²) in [5.74, 6) is 1.19. The van der Waals surface area contributed by atoms with Crippen LogP contribution < -0.4 is 15.2 Å². The molecule has 1 aliphatic rings. The molecule has 2 heterocycles. The quantitative estimate of drug-likeness (QED) is 0.796. The lowest BCUT2D eigenvalue weighted by Crippen LogP contribution is -2.28. The van der Waals surface area contributed by atoms with Crippen molar-refractivity contribution in [2.24, 2.45) is 0 Å². The van der Waals surface area contributed by atoms with E-state index in [0.717, 1.165) is 29.0 Å². The lowest BCUT2D eigenvalue weighted by atomic mass is 9.97. The Bertz CT molecular complexity index is 765. The topological polar surface area (TPSA) is 53.4 Å². The van der Waals surface area contributed by atoms with Gasteiger partial charge in [0.25, 0.3) is 0 Å². The van der Waals surface area contributed by atoms with Gasteiger partial charge in [0, 0.05) is 18.2 Å². The zero-order valence-corrected chi connectivity index (χ0v) is 12.5. The Balaban J connectivity index is 2.05. The SMILES string of the molecule is C=CCOc1ccc2c(c1)CCn1c-2cc(OCC)nc1=O. The van der Waals surface area contributed by atoms with Crippen LogP contribution in [0.15, 0.2) is 41.7 Å². The summed E-state index contributed by atoms with van der Waals surface area (Å²) in [5, 5.41) is 0. The lowest BCUT2D eigenvalue weighted by Gasteiger charge is -2.22. The van der Waals surface area contributed by atoms with Gasteiger partial charge >= 0.3 is 5.69 Å². The Morgan fingerprint density at radius 3 is 3.00 bits per heavy atom. The molecule has 0 saturated carbocycles. The van der Waals surface area contributed by atoms with Crippen LogP contribution in [0.1, 0.15) is 12.5 Å². The molecule has 0 aliphatic carbocycles. The molecule has 22 heavy (non-hydrogen) atoms. The van der Waals surface area contributed by atoms with Crippen molar-refractivity contribution in [2.75, 3.05) is 13.2 Å². The van der Waals surface area contributed by atoms with Gasteiger partial charge in [-0.2, -0.15) is 4.98 Å². The first-order chi connectivity index (χ1) is 10.7. The fourth-order valence-electron chi connectivity index (χ4n) is 2.65. The lowest BCUT2D eigenvalue weighted by molar-refractivity contribution is 0.323. The second kappa shape index (κ2) is 6.05. The standard InChI is InChI=1S/C17H18N2O3/c1-3-9-22-13-5-6-14-12(10-13)7-8-19-15(14)11-16(21-4-2)18-17(19)20/h3,5-6,10-11H,1,4,7-9H2,2H3. The molecule has 0 bridgehead atoms. The summed E-state index contributed by atoms with van der Waals surface area (Å²) in [4.78, 5) is 16.1. The Hall–Kier alpha value is -2.56. The van der Waals surface area contributed by atoms with Crippen molar-refractivity contribution < 1.29 is 9.47 Å². The summed E-state index contributed by atoms with van der Waals surface area (Å²) in [6.07, 6.45) is 2.50. The summed E-state index contributed by atoms with van der Waals surface area (Å²) < 4.78 is 12.6. The summed E-state index contributed by atoms with van der Waals surface area (Å²) in [6.45, 7) is 7.10. The van der Waals surface area contributed by atoms with E-state index >= 15 is 0 Å². The van der Waals surface area contributed by atoms with Crippen molar-refractivity contribution in [3.63, 3.8) is 0 Å². The minimum Gasteiger partial charge on any atom is -0.490 e. The number of hydrogen-bond acceptors (Lipinski definition) is 4. The second-order valence-corrected chi connectivity index (χ2v) is 5.02. The first-order valence-electron chi connectivity index (χ1n) is 7.34. The van der Waals surface area contributed by atoms with Gasteiger partial charge < -0.3 is 9.47 Å². The maximum Gasteiger partial charge on any atom is 0.351 e. The number of nitrogens with zero attached hydrogens (tertiary/aromatic N) is 2. The summed E-state index contributed by atoms with van der Waals surface area (Å²) >= 11 is 0. The first-order valence-corrected chi connectivity index (χ1v) is 7.34. The molecule has 1 aliphatic heterocycles. The molecule has 0 atom stereocenters. The Morgan fingerprint density at radius 2 is 2.23 bits per heavy atom. The Kier molecular flexibility index (Phi) is 3.96. The van der Waals surface area contributed by atoms with Crippen LogP contribution in [0.4, 0.5) is 0 Å². The summed E-state index contributed by atoms with van der Waals surface area (Å²) in [7, 11) is 0. The molecule has 2 aromatic rings. The number of fused-ring (bicyclic) bond motifs is 3. The van der Waals surface area contributed by atoms with Gasteiger partial charge in [-0.05, 0) is 37.1 Å². The summed E-state index contributed by atoms with van der Waals surface area (Å²) in [6, 6.07) is 7.73. The number of rotatable bonds is 5. The Morgan fingerprint density at radius 1 is 1.36 bits per heavy atom. The van der Waals surface area contributed by atoms with Gasteiger partial charge in [0.2, 0.25) is 5.88 Å². The van der Waals surface area contributed by atoms with E-state index in [4.69, 9.17) is 9.47 Å². The van der Waals surface area contributed by atoms with Gasteiger partial charge in [0.15, 0.2) is 0 Å². The minimum absolute atomic E-state index is 0.265. The number of benzene rings is 1. The van der Waals surface area contributed by atoms with Gasteiger partial charge in [-0.1, -0.05) is 12.7 Å². The molecular formula is C17H18N2O3. The van der Waals surface area contributed by atoms with Crippen LogP contribution in [-0.2, 0) is 13.0 Å². The van der Waals surface area contributed by atoms with E-state index in [9.17, 15) is 4.79 Å². The predicted octanol–water partition coefficient (Wildman–Crippen LogP) is 2.43. The number of hydrogen-bond donors (Lipinski definition) is 0. The average molecular weight is 298 g/mol. The zero-order valence-electron chi connectivity index (χ0n) is 12.5. The molecule has 0 fully saturated rings. The normalized spacial score (nSPS) is 12.2. The van der Waals surface area contributed by atoms with Crippen LogP contribution in [0.5, 0.6) is 11.6 Å². The number of aromatic nitrogens is 2.